The molecule has 0 radical (unpaired) electrons. The maximum atomic E-state index is 13.5. The van der Waals surface area contributed by atoms with Gasteiger partial charge in [0.25, 0.3) is 5.41 Å². The van der Waals surface area contributed by atoms with E-state index in [-0.39, 0.29) is 26.2 Å². The van der Waals surface area contributed by atoms with Crippen molar-refractivity contribution in [1.29, 1.82) is 0 Å². The molecule has 0 aromatic heterocycles. The highest BCUT2D eigenvalue weighted by Gasteiger charge is 2.57. The van der Waals surface area contributed by atoms with Crippen molar-refractivity contribution in [2.75, 3.05) is 19.8 Å². The van der Waals surface area contributed by atoms with Gasteiger partial charge in [0.1, 0.15) is 0 Å². The van der Waals surface area contributed by atoms with E-state index in [0.29, 0.717) is 6.42 Å². The number of carbonyl (C=O) groups is 3. The molecule has 0 bridgehead atoms. The summed E-state index contributed by atoms with van der Waals surface area (Å²) in [6.45, 7) is 9.26. The van der Waals surface area contributed by atoms with Crippen LogP contribution in [0.25, 0.3) is 0 Å². The molecule has 0 N–H and O–H groups in total. The van der Waals surface area contributed by atoms with Crippen LogP contribution < -0.4 is 0 Å². The van der Waals surface area contributed by atoms with Crippen molar-refractivity contribution in [2.45, 2.75) is 175 Å². The minimum absolute atomic E-state index is 0.0764. The fraction of sp³-hybridized carbons (Fsp3) is 0.912. The van der Waals surface area contributed by atoms with Gasteiger partial charge in [0.05, 0.1) is 19.8 Å². The second kappa shape index (κ2) is 27.6. The smallest absolute Gasteiger partial charge is 0.335 e. The summed E-state index contributed by atoms with van der Waals surface area (Å²) in [6, 6.07) is 0. The highest BCUT2D eigenvalue weighted by molar-refractivity contribution is 6.17. The lowest BCUT2D eigenvalue weighted by Gasteiger charge is -2.27. The van der Waals surface area contributed by atoms with Gasteiger partial charge in [-0.25, -0.2) is 0 Å². The van der Waals surface area contributed by atoms with Crippen LogP contribution in [0.5, 0.6) is 0 Å². The number of carbonyl (C=O) groups excluding carboxylic acids is 3. The first-order valence-corrected chi connectivity index (χ1v) is 17.0. The molecule has 0 amide bonds. The third-order valence-electron chi connectivity index (χ3n) is 7.64. The predicted octanol–water partition coefficient (Wildman–Crippen LogP) is 9.65. The molecular formula is C34H64O6. The van der Waals surface area contributed by atoms with Crippen molar-refractivity contribution >= 4 is 17.9 Å². The summed E-state index contributed by atoms with van der Waals surface area (Å²) in [5, 5.41) is 0. The SMILES string of the molecule is CCCCCCCCOC(=O)C(CCCCCC)(C(=O)OCCCCCCCC)C(=O)OCCCCCCCC. The molecule has 0 fully saturated rings. The monoisotopic (exact) mass is 568 g/mol. The van der Waals surface area contributed by atoms with Crippen LogP contribution in [0.15, 0.2) is 0 Å². The van der Waals surface area contributed by atoms with Crippen LogP contribution in [0.3, 0.4) is 0 Å². The first-order chi connectivity index (χ1) is 19.5. The summed E-state index contributed by atoms with van der Waals surface area (Å²) < 4.78 is 16.8. The molecule has 6 heteroatoms. The van der Waals surface area contributed by atoms with Crippen LogP contribution in [0.4, 0.5) is 0 Å². The molecule has 6 nitrogen and oxygen atoms in total. The average molecular weight is 569 g/mol. The lowest BCUT2D eigenvalue weighted by molar-refractivity contribution is -0.185. The van der Waals surface area contributed by atoms with Crippen molar-refractivity contribution in [1.82, 2.24) is 0 Å². The lowest BCUT2D eigenvalue weighted by Crippen LogP contribution is -2.49. The van der Waals surface area contributed by atoms with Crippen LogP contribution in [0, 0.1) is 5.41 Å². The number of rotatable bonds is 29. The standard InChI is InChI=1S/C34H64O6/c1-5-9-13-17-20-24-28-38-31(35)34(27-23-16-12-8-4,32(36)39-29-25-21-18-14-10-6-2)33(37)40-30-26-22-19-15-11-7-3/h5-30H2,1-4H3. The van der Waals surface area contributed by atoms with Gasteiger partial charge in [0.2, 0.25) is 0 Å². The Morgan fingerprint density at radius 3 is 0.925 bits per heavy atom. The van der Waals surface area contributed by atoms with E-state index in [2.05, 4.69) is 27.7 Å². The van der Waals surface area contributed by atoms with E-state index in [1.165, 1.54) is 57.8 Å². The zero-order valence-electron chi connectivity index (χ0n) is 26.8. The Hall–Kier alpha value is -1.59. The van der Waals surface area contributed by atoms with Gasteiger partial charge >= 0.3 is 17.9 Å². The molecule has 0 aromatic carbocycles. The molecule has 0 aliphatic carbocycles. The number of hydrogen-bond acceptors (Lipinski definition) is 6. The summed E-state index contributed by atoms with van der Waals surface area (Å²) in [7, 11) is 0. The number of unbranched alkanes of at least 4 members (excludes halogenated alkanes) is 18. The van der Waals surface area contributed by atoms with Crippen LogP contribution >= 0.6 is 0 Å². The second-order valence-electron chi connectivity index (χ2n) is 11.4. The third-order valence-corrected chi connectivity index (χ3v) is 7.64. The summed E-state index contributed by atoms with van der Waals surface area (Å²) in [4.78, 5) is 40.6. The molecule has 40 heavy (non-hydrogen) atoms. The molecule has 0 saturated heterocycles. The Kier molecular flexibility index (Phi) is 26.5. The zero-order chi connectivity index (χ0) is 29.7. The number of hydrogen-bond donors (Lipinski definition) is 0. The summed E-state index contributed by atoms with van der Waals surface area (Å²) in [5.41, 5.74) is -2.03. The lowest BCUT2D eigenvalue weighted by atomic mass is 9.82. The number of ether oxygens (including phenoxy) is 3. The first kappa shape index (κ1) is 38.4. The van der Waals surface area contributed by atoms with Crippen molar-refractivity contribution < 1.29 is 28.6 Å². The van der Waals surface area contributed by atoms with E-state index in [4.69, 9.17) is 14.2 Å². The van der Waals surface area contributed by atoms with Gasteiger partial charge in [-0.1, -0.05) is 150 Å². The van der Waals surface area contributed by atoms with E-state index in [9.17, 15) is 14.4 Å². The molecule has 0 aliphatic heterocycles. The minimum Gasteiger partial charge on any atom is -0.464 e. The first-order valence-electron chi connectivity index (χ1n) is 17.0. The Labute approximate surface area is 247 Å². The molecule has 0 aliphatic rings. The average Bonchev–Trinajstić information content (AvgIpc) is 2.95. The van der Waals surface area contributed by atoms with Gasteiger partial charge in [0.15, 0.2) is 0 Å². The Morgan fingerprint density at radius 2 is 0.625 bits per heavy atom. The maximum absolute atomic E-state index is 13.5. The molecule has 0 aromatic rings. The minimum atomic E-state index is -2.03. The number of esters is 3. The molecule has 236 valence electrons. The van der Waals surface area contributed by atoms with Gasteiger partial charge in [-0.05, 0) is 25.7 Å². The van der Waals surface area contributed by atoms with E-state index in [1.807, 2.05) is 0 Å². The fourth-order valence-electron chi connectivity index (χ4n) is 4.88. The van der Waals surface area contributed by atoms with Crippen LogP contribution in [0.2, 0.25) is 0 Å². The Balaban J connectivity index is 5.36. The van der Waals surface area contributed by atoms with E-state index in [1.54, 1.807) is 0 Å². The van der Waals surface area contributed by atoms with Gasteiger partial charge in [-0.3, -0.25) is 14.4 Å². The van der Waals surface area contributed by atoms with Gasteiger partial charge < -0.3 is 14.2 Å². The van der Waals surface area contributed by atoms with E-state index in [0.717, 1.165) is 77.0 Å². The maximum Gasteiger partial charge on any atom is 0.335 e. The molecule has 0 atom stereocenters. The Morgan fingerprint density at radius 1 is 0.375 bits per heavy atom. The van der Waals surface area contributed by atoms with E-state index >= 15 is 0 Å². The Bertz CT molecular complexity index is 543. The third kappa shape index (κ3) is 18.0. The largest absolute Gasteiger partial charge is 0.464 e. The van der Waals surface area contributed by atoms with Gasteiger partial charge in [-0.2, -0.15) is 0 Å². The summed E-state index contributed by atoms with van der Waals surface area (Å²) in [5.74, 6) is -2.38. The predicted molar refractivity (Wildman–Crippen MR) is 164 cm³/mol. The van der Waals surface area contributed by atoms with Crippen LogP contribution in [0.1, 0.15) is 175 Å². The molecule has 0 rings (SSSR count). The molecule has 0 heterocycles. The quantitative estimate of drug-likeness (QED) is 0.0387. The van der Waals surface area contributed by atoms with Crippen molar-refractivity contribution in [2.24, 2.45) is 5.41 Å². The topological polar surface area (TPSA) is 78.9 Å². The molecule has 0 spiro atoms. The highest BCUT2D eigenvalue weighted by Crippen LogP contribution is 2.32. The van der Waals surface area contributed by atoms with Gasteiger partial charge in [0, 0.05) is 0 Å². The van der Waals surface area contributed by atoms with Crippen molar-refractivity contribution in [3.63, 3.8) is 0 Å². The van der Waals surface area contributed by atoms with E-state index < -0.39 is 23.3 Å². The summed E-state index contributed by atoms with van der Waals surface area (Å²) in [6.07, 6.45) is 22.4. The molecule has 0 saturated carbocycles. The van der Waals surface area contributed by atoms with Crippen LogP contribution in [-0.2, 0) is 28.6 Å². The zero-order valence-corrected chi connectivity index (χ0v) is 26.8. The van der Waals surface area contributed by atoms with Crippen LogP contribution in [-0.4, -0.2) is 37.7 Å². The van der Waals surface area contributed by atoms with Gasteiger partial charge in [-0.15, -0.1) is 0 Å². The normalized spacial score (nSPS) is 11.4. The van der Waals surface area contributed by atoms with Crippen molar-refractivity contribution in [3.05, 3.63) is 0 Å². The second-order valence-corrected chi connectivity index (χ2v) is 11.4. The van der Waals surface area contributed by atoms with Crippen molar-refractivity contribution in [3.8, 4) is 0 Å². The molecular weight excluding hydrogens is 504 g/mol. The fourth-order valence-corrected chi connectivity index (χ4v) is 4.88. The highest BCUT2D eigenvalue weighted by atomic mass is 16.6. The summed E-state index contributed by atoms with van der Waals surface area (Å²) >= 11 is 0. The molecule has 0 unspecified atom stereocenters.